The number of hydrogen-bond donors (Lipinski definition) is 0. The molecule has 0 saturated carbocycles. The molecule has 0 spiro atoms. The number of rotatable bonds is 5. The molecule has 0 aliphatic rings. The van der Waals surface area contributed by atoms with Crippen molar-refractivity contribution in [3.63, 3.8) is 0 Å². The SMILES string of the molecule is CCCCCc1ccc(C#CC[Se]C(F)(F)F)cc1. The maximum absolute atomic E-state index is 11.9. The number of benzene rings is 1. The molecule has 1 aromatic carbocycles. The summed E-state index contributed by atoms with van der Waals surface area (Å²) < 4.78 is 35.8. The zero-order chi connectivity index (χ0) is 14.1. The summed E-state index contributed by atoms with van der Waals surface area (Å²) in [5.74, 6) is 5.37. The Bertz CT molecular complexity index is 423. The first kappa shape index (κ1) is 16.1. The fraction of sp³-hybridized carbons (Fsp3) is 0.467. The van der Waals surface area contributed by atoms with Gasteiger partial charge in [0.1, 0.15) is 0 Å². The van der Waals surface area contributed by atoms with Crippen LogP contribution in [0, 0.1) is 11.8 Å². The summed E-state index contributed by atoms with van der Waals surface area (Å²) >= 11 is -1.39. The zero-order valence-electron chi connectivity index (χ0n) is 10.9. The summed E-state index contributed by atoms with van der Waals surface area (Å²) in [6.07, 6.45) is 4.65. The van der Waals surface area contributed by atoms with E-state index in [-0.39, 0.29) is 5.32 Å². The second-order valence-corrected chi connectivity index (χ2v) is 6.37. The molecule has 4 heteroatoms. The van der Waals surface area contributed by atoms with Crippen LogP contribution >= 0.6 is 0 Å². The molecule has 0 aliphatic carbocycles. The van der Waals surface area contributed by atoms with Gasteiger partial charge in [-0.15, -0.1) is 0 Å². The second kappa shape index (κ2) is 8.30. The first-order valence-electron chi connectivity index (χ1n) is 6.30. The van der Waals surface area contributed by atoms with Gasteiger partial charge in [-0.25, -0.2) is 0 Å². The van der Waals surface area contributed by atoms with E-state index in [1.165, 1.54) is 24.8 Å². The summed E-state index contributed by atoms with van der Waals surface area (Å²) in [7, 11) is 0. The summed E-state index contributed by atoms with van der Waals surface area (Å²) in [6, 6.07) is 7.78. The molecular weight excluding hydrogens is 316 g/mol. The van der Waals surface area contributed by atoms with Crippen molar-refractivity contribution < 1.29 is 13.2 Å². The Kier molecular flexibility index (Phi) is 7.05. The Hall–Kier alpha value is -0.911. The monoisotopic (exact) mass is 334 g/mol. The van der Waals surface area contributed by atoms with E-state index in [1.54, 1.807) is 0 Å². The minimum absolute atomic E-state index is 0.0747. The van der Waals surface area contributed by atoms with Crippen LogP contribution in [-0.2, 0) is 6.42 Å². The van der Waals surface area contributed by atoms with Gasteiger partial charge < -0.3 is 0 Å². The number of alkyl halides is 3. The van der Waals surface area contributed by atoms with Crippen LogP contribution in [0.15, 0.2) is 24.3 Å². The van der Waals surface area contributed by atoms with Gasteiger partial charge in [0.2, 0.25) is 0 Å². The van der Waals surface area contributed by atoms with Crippen molar-refractivity contribution in [2.45, 2.75) is 43.0 Å². The fourth-order valence-electron chi connectivity index (χ4n) is 1.59. The molecule has 0 aliphatic heterocycles. The van der Waals surface area contributed by atoms with E-state index < -0.39 is 20.0 Å². The molecule has 0 saturated heterocycles. The third kappa shape index (κ3) is 7.97. The average Bonchev–Trinajstić information content (AvgIpc) is 2.36. The molecule has 19 heavy (non-hydrogen) atoms. The molecule has 0 amide bonds. The number of aryl methyl sites for hydroxylation is 1. The van der Waals surface area contributed by atoms with Crippen LogP contribution in [0.5, 0.6) is 0 Å². The van der Waals surface area contributed by atoms with E-state index in [0.717, 1.165) is 12.0 Å². The van der Waals surface area contributed by atoms with Gasteiger partial charge in [0, 0.05) is 0 Å². The molecule has 0 heterocycles. The van der Waals surface area contributed by atoms with Crippen LogP contribution < -0.4 is 0 Å². The van der Waals surface area contributed by atoms with Crippen molar-refractivity contribution in [1.29, 1.82) is 0 Å². The Morgan fingerprint density at radius 1 is 1.11 bits per heavy atom. The van der Waals surface area contributed by atoms with E-state index in [9.17, 15) is 13.2 Å². The van der Waals surface area contributed by atoms with E-state index in [0.29, 0.717) is 0 Å². The van der Waals surface area contributed by atoms with Crippen molar-refractivity contribution >= 4 is 15.0 Å². The van der Waals surface area contributed by atoms with E-state index >= 15 is 0 Å². The van der Waals surface area contributed by atoms with Crippen LogP contribution in [-0.4, -0.2) is 20.0 Å². The molecule has 0 nitrogen and oxygen atoms in total. The van der Waals surface area contributed by atoms with Crippen molar-refractivity contribution in [3.8, 4) is 11.8 Å². The third-order valence-electron chi connectivity index (χ3n) is 2.56. The predicted molar refractivity (Wildman–Crippen MR) is 73.2 cm³/mol. The molecule has 0 bridgehead atoms. The van der Waals surface area contributed by atoms with Crippen LogP contribution in [0.25, 0.3) is 0 Å². The molecule has 104 valence electrons. The van der Waals surface area contributed by atoms with Gasteiger partial charge in [-0.1, -0.05) is 0 Å². The zero-order valence-corrected chi connectivity index (χ0v) is 12.6. The normalized spacial score (nSPS) is 10.9. The van der Waals surface area contributed by atoms with Gasteiger partial charge in [-0.2, -0.15) is 0 Å². The van der Waals surface area contributed by atoms with Crippen LogP contribution in [0.4, 0.5) is 13.2 Å². The Morgan fingerprint density at radius 2 is 1.79 bits per heavy atom. The van der Waals surface area contributed by atoms with E-state index in [2.05, 4.69) is 18.8 Å². The third-order valence-corrected chi connectivity index (χ3v) is 3.86. The van der Waals surface area contributed by atoms with Crippen LogP contribution in [0.2, 0.25) is 5.32 Å². The summed E-state index contributed by atoms with van der Waals surface area (Å²) in [5.41, 5.74) is 2.05. The fourth-order valence-corrected chi connectivity index (χ4v) is 2.24. The molecule has 0 aromatic heterocycles. The molecule has 1 rings (SSSR count). The number of halogens is 3. The van der Waals surface area contributed by atoms with Gasteiger partial charge in [0.15, 0.2) is 0 Å². The van der Waals surface area contributed by atoms with Crippen molar-refractivity contribution in [3.05, 3.63) is 35.4 Å². The predicted octanol–water partition coefficient (Wildman–Crippen LogP) is 4.41. The van der Waals surface area contributed by atoms with E-state index in [4.69, 9.17) is 0 Å². The van der Waals surface area contributed by atoms with E-state index in [1.807, 2.05) is 24.3 Å². The van der Waals surface area contributed by atoms with Crippen molar-refractivity contribution in [2.24, 2.45) is 0 Å². The molecule has 1 aromatic rings. The maximum atomic E-state index is 11.9. The topological polar surface area (TPSA) is 0 Å². The Labute approximate surface area is 118 Å². The molecule has 0 unspecified atom stereocenters. The number of unbranched alkanes of at least 4 members (excludes halogenated alkanes) is 2. The average molecular weight is 333 g/mol. The second-order valence-electron chi connectivity index (χ2n) is 4.19. The van der Waals surface area contributed by atoms with Gasteiger partial charge in [0.05, 0.1) is 0 Å². The van der Waals surface area contributed by atoms with Gasteiger partial charge in [-0.05, 0) is 0 Å². The quantitative estimate of drug-likeness (QED) is 0.425. The van der Waals surface area contributed by atoms with Gasteiger partial charge in [0.25, 0.3) is 0 Å². The first-order valence-corrected chi connectivity index (χ1v) is 8.36. The molecule has 0 fully saturated rings. The Balaban J connectivity index is 2.42. The number of hydrogen-bond acceptors (Lipinski definition) is 0. The summed E-state index contributed by atoms with van der Waals surface area (Å²) in [4.78, 5) is 0. The minimum atomic E-state index is -4.05. The molecule has 0 radical (unpaired) electrons. The molecule has 0 N–H and O–H groups in total. The molecular formula is C15H17F3Se. The first-order chi connectivity index (χ1) is 9.01. The van der Waals surface area contributed by atoms with Gasteiger partial charge in [-0.3, -0.25) is 0 Å². The van der Waals surface area contributed by atoms with Gasteiger partial charge >= 0.3 is 118 Å². The summed E-state index contributed by atoms with van der Waals surface area (Å²) in [5, 5.41) is -4.13. The van der Waals surface area contributed by atoms with Crippen molar-refractivity contribution in [1.82, 2.24) is 0 Å². The Morgan fingerprint density at radius 3 is 2.37 bits per heavy atom. The van der Waals surface area contributed by atoms with Crippen LogP contribution in [0.3, 0.4) is 0 Å². The standard InChI is InChI=1S/C15H17F3Se/c1-2-3-4-6-13-8-10-14(11-9-13)7-5-12-19-15(16,17)18/h8-11H,2-4,6,12H2,1H3. The van der Waals surface area contributed by atoms with Crippen molar-refractivity contribution in [2.75, 3.05) is 0 Å². The molecule has 0 atom stereocenters. The van der Waals surface area contributed by atoms with Crippen LogP contribution in [0.1, 0.15) is 37.3 Å². The summed E-state index contributed by atoms with van der Waals surface area (Å²) in [6.45, 7) is 2.17.